The molecule has 1 heterocycles. The molecule has 1 aromatic carbocycles. The first kappa shape index (κ1) is 16.5. The normalized spacial score (nSPS) is 13.3. The van der Waals surface area contributed by atoms with Gasteiger partial charge in [-0.15, -0.1) is 0 Å². The number of aliphatic hydroxyl groups excluding tert-OH is 1. The van der Waals surface area contributed by atoms with Gasteiger partial charge in [-0.2, -0.15) is 0 Å². The second-order valence-corrected chi connectivity index (χ2v) is 5.68. The van der Waals surface area contributed by atoms with Crippen molar-refractivity contribution in [3.8, 4) is 5.75 Å². The van der Waals surface area contributed by atoms with Gasteiger partial charge in [0.1, 0.15) is 11.3 Å². The highest BCUT2D eigenvalue weighted by Crippen LogP contribution is 2.30. The zero-order chi connectivity index (χ0) is 16.3. The fourth-order valence-electron chi connectivity index (χ4n) is 2.46. The molecule has 120 valence electrons. The molecule has 1 N–H and O–H groups in total. The predicted octanol–water partition coefficient (Wildman–Crippen LogP) is 2.52. The molecule has 1 aromatic heterocycles. The van der Waals surface area contributed by atoms with Crippen molar-refractivity contribution >= 4 is 11.0 Å². The average molecular weight is 306 g/mol. The molecule has 5 nitrogen and oxygen atoms in total. The summed E-state index contributed by atoms with van der Waals surface area (Å²) in [7, 11) is 1.55. The van der Waals surface area contributed by atoms with Crippen LogP contribution in [0.5, 0.6) is 5.75 Å². The maximum Gasteiger partial charge on any atom is 0.336 e. The number of benzene rings is 1. The molecule has 0 amide bonds. The molecular weight excluding hydrogens is 284 g/mol. The van der Waals surface area contributed by atoms with Gasteiger partial charge in [0.15, 0.2) is 0 Å². The van der Waals surface area contributed by atoms with Crippen molar-refractivity contribution < 1.29 is 19.0 Å². The number of hydrogen-bond donors (Lipinski definition) is 1. The second-order valence-electron chi connectivity index (χ2n) is 5.68. The van der Waals surface area contributed by atoms with Crippen LogP contribution in [0, 0.1) is 0 Å². The first-order valence-corrected chi connectivity index (χ1v) is 7.30. The Morgan fingerprint density at radius 3 is 2.59 bits per heavy atom. The summed E-state index contributed by atoms with van der Waals surface area (Å²) < 4.78 is 16.3. The van der Waals surface area contributed by atoms with Crippen molar-refractivity contribution in [2.24, 2.45) is 0 Å². The molecule has 0 spiro atoms. The molecular formula is C17H22O5. The Morgan fingerprint density at radius 1 is 1.27 bits per heavy atom. The maximum atomic E-state index is 11.5. The van der Waals surface area contributed by atoms with E-state index in [4.69, 9.17) is 13.9 Å². The molecule has 0 bridgehead atoms. The molecule has 22 heavy (non-hydrogen) atoms. The Labute approximate surface area is 129 Å². The van der Waals surface area contributed by atoms with Crippen molar-refractivity contribution in [3.05, 3.63) is 40.2 Å². The highest BCUT2D eigenvalue weighted by atomic mass is 16.5. The molecule has 2 rings (SSSR count). The summed E-state index contributed by atoms with van der Waals surface area (Å²) in [4.78, 5) is 11.5. The number of rotatable bonds is 6. The van der Waals surface area contributed by atoms with Crippen LogP contribution in [0.25, 0.3) is 11.0 Å². The monoisotopic (exact) mass is 306 g/mol. The van der Waals surface area contributed by atoms with Crippen LogP contribution in [0.3, 0.4) is 0 Å². The van der Waals surface area contributed by atoms with Gasteiger partial charge in [0, 0.05) is 30.0 Å². The zero-order valence-corrected chi connectivity index (χ0v) is 13.4. The van der Waals surface area contributed by atoms with Gasteiger partial charge in [-0.1, -0.05) is 0 Å². The lowest BCUT2D eigenvalue weighted by molar-refractivity contribution is -0.0955. The Hall–Kier alpha value is -1.85. The Morgan fingerprint density at radius 2 is 1.95 bits per heavy atom. The lowest BCUT2D eigenvalue weighted by atomic mass is 9.93. The summed E-state index contributed by atoms with van der Waals surface area (Å²) in [5.74, 6) is 0.577. The highest BCUT2D eigenvalue weighted by molar-refractivity contribution is 5.82. The van der Waals surface area contributed by atoms with E-state index in [1.165, 1.54) is 6.07 Å². The van der Waals surface area contributed by atoms with E-state index in [1.54, 1.807) is 19.2 Å². The minimum Gasteiger partial charge on any atom is -0.496 e. The molecule has 1 atom stereocenters. The van der Waals surface area contributed by atoms with Crippen molar-refractivity contribution in [1.29, 1.82) is 0 Å². The Kier molecular flexibility index (Phi) is 4.88. The number of aliphatic hydroxyl groups is 1. The van der Waals surface area contributed by atoms with Crippen molar-refractivity contribution in [2.45, 2.75) is 38.9 Å². The third-order valence-electron chi connectivity index (χ3n) is 3.79. The summed E-state index contributed by atoms with van der Waals surface area (Å²) in [5.41, 5.74) is -0.0338. The Bertz CT molecular complexity index is 702. The molecule has 0 aliphatic carbocycles. The Balaban J connectivity index is 2.48. The molecule has 0 fully saturated rings. The highest BCUT2D eigenvalue weighted by Gasteiger charge is 2.30. The molecule has 2 aromatic rings. The summed E-state index contributed by atoms with van der Waals surface area (Å²) in [6, 6.07) is 6.70. The zero-order valence-electron chi connectivity index (χ0n) is 13.4. The summed E-state index contributed by atoms with van der Waals surface area (Å²) in [6.07, 6.45) is -0.502. The average Bonchev–Trinajstić information content (AvgIpc) is 2.47. The van der Waals surface area contributed by atoms with Crippen LogP contribution in [-0.4, -0.2) is 30.5 Å². The number of ether oxygens (including phenoxy) is 2. The van der Waals surface area contributed by atoms with Crippen LogP contribution in [-0.2, 0) is 11.2 Å². The molecule has 0 aliphatic heterocycles. The molecule has 0 radical (unpaired) electrons. The molecule has 0 saturated carbocycles. The number of methoxy groups -OCH3 is 1. The third-order valence-corrected chi connectivity index (χ3v) is 3.79. The van der Waals surface area contributed by atoms with E-state index in [9.17, 15) is 9.90 Å². The maximum absolute atomic E-state index is 11.5. The van der Waals surface area contributed by atoms with Crippen molar-refractivity contribution in [3.63, 3.8) is 0 Å². The van der Waals surface area contributed by atoms with Crippen LogP contribution in [0.2, 0.25) is 0 Å². The smallest absolute Gasteiger partial charge is 0.336 e. The topological polar surface area (TPSA) is 68.9 Å². The van der Waals surface area contributed by atoms with E-state index in [1.807, 2.05) is 26.8 Å². The van der Waals surface area contributed by atoms with E-state index in [0.717, 1.165) is 5.39 Å². The van der Waals surface area contributed by atoms with Gasteiger partial charge in [-0.05, 0) is 39.0 Å². The van der Waals surface area contributed by atoms with E-state index >= 15 is 0 Å². The van der Waals surface area contributed by atoms with Gasteiger partial charge in [-0.3, -0.25) is 0 Å². The predicted molar refractivity (Wildman–Crippen MR) is 84.5 cm³/mol. The summed E-state index contributed by atoms with van der Waals surface area (Å²) in [6.45, 7) is 6.04. The van der Waals surface area contributed by atoms with Gasteiger partial charge in [-0.25, -0.2) is 4.79 Å². The first-order chi connectivity index (χ1) is 10.4. The molecule has 0 aliphatic rings. The van der Waals surface area contributed by atoms with E-state index in [-0.39, 0.29) is 6.42 Å². The number of hydrogen-bond acceptors (Lipinski definition) is 5. The minimum atomic E-state index is -0.766. The van der Waals surface area contributed by atoms with Crippen molar-refractivity contribution in [2.75, 3.05) is 13.7 Å². The van der Waals surface area contributed by atoms with Crippen LogP contribution in [0.4, 0.5) is 0 Å². The van der Waals surface area contributed by atoms with Crippen LogP contribution >= 0.6 is 0 Å². The minimum absolute atomic E-state index is 0.264. The number of fused-ring (bicyclic) bond motifs is 1. The summed E-state index contributed by atoms with van der Waals surface area (Å²) >= 11 is 0. The molecule has 0 saturated heterocycles. The van der Waals surface area contributed by atoms with Gasteiger partial charge >= 0.3 is 5.63 Å². The fraction of sp³-hybridized carbons (Fsp3) is 0.471. The molecule has 1 unspecified atom stereocenters. The standard InChI is InChI=1S/C17H22O5/c1-5-21-17(2,3)14(18)10-12-13(20-4)8-6-11-7-9-15(19)22-16(11)12/h6-9,14,18H,5,10H2,1-4H3. The van der Waals surface area contributed by atoms with Gasteiger partial charge in [0.2, 0.25) is 0 Å². The van der Waals surface area contributed by atoms with Gasteiger partial charge < -0.3 is 19.0 Å². The largest absolute Gasteiger partial charge is 0.496 e. The second kappa shape index (κ2) is 6.50. The van der Waals surface area contributed by atoms with Crippen LogP contribution in [0.1, 0.15) is 26.3 Å². The van der Waals surface area contributed by atoms with E-state index < -0.39 is 17.3 Å². The van der Waals surface area contributed by atoms with E-state index in [0.29, 0.717) is 23.5 Å². The van der Waals surface area contributed by atoms with Crippen LogP contribution in [0.15, 0.2) is 33.5 Å². The third kappa shape index (κ3) is 3.31. The SMILES string of the molecule is CCOC(C)(C)C(O)Cc1c(OC)ccc2ccc(=O)oc12. The van der Waals surface area contributed by atoms with Gasteiger partial charge in [0.05, 0.1) is 18.8 Å². The molecule has 5 heteroatoms. The lowest BCUT2D eigenvalue weighted by Crippen LogP contribution is -2.40. The van der Waals surface area contributed by atoms with Gasteiger partial charge in [0.25, 0.3) is 0 Å². The summed E-state index contributed by atoms with van der Waals surface area (Å²) in [5, 5.41) is 11.3. The quantitative estimate of drug-likeness (QED) is 0.831. The fourth-order valence-corrected chi connectivity index (χ4v) is 2.46. The lowest BCUT2D eigenvalue weighted by Gasteiger charge is -2.30. The van der Waals surface area contributed by atoms with Crippen molar-refractivity contribution in [1.82, 2.24) is 0 Å². The first-order valence-electron chi connectivity index (χ1n) is 7.30. The van der Waals surface area contributed by atoms with E-state index in [2.05, 4.69) is 0 Å². The van der Waals surface area contributed by atoms with Crippen LogP contribution < -0.4 is 10.4 Å².